The van der Waals surface area contributed by atoms with Gasteiger partial charge in [0, 0.05) is 23.1 Å². The summed E-state index contributed by atoms with van der Waals surface area (Å²) >= 11 is 0. The summed E-state index contributed by atoms with van der Waals surface area (Å²) in [6.45, 7) is 13.4. The third-order valence-corrected chi connectivity index (χ3v) is 3.11. The first kappa shape index (κ1) is 21.9. The molecule has 1 amide bonds. The molecule has 0 aliphatic heterocycles. The summed E-state index contributed by atoms with van der Waals surface area (Å²) in [4.78, 5) is 34.5. The zero-order valence-electron chi connectivity index (χ0n) is 14.8. The maximum Gasteiger partial charge on any atom is 0.333 e. The van der Waals surface area contributed by atoms with Gasteiger partial charge in [-0.25, -0.2) is 9.59 Å². The third-order valence-electron chi connectivity index (χ3n) is 3.11. The Kier molecular flexibility index (Phi) is 8.99. The third kappa shape index (κ3) is 7.92. The van der Waals surface area contributed by atoms with Crippen LogP contribution in [-0.4, -0.2) is 48.8 Å². The smallest absolute Gasteiger partial charge is 0.333 e. The van der Waals surface area contributed by atoms with E-state index in [9.17, 15) is 19.5 Å². The van der Waals surface area contributed by atoms with Crippen LogP contribution in [0.15, 0.2) is 24.3 Å². The molecule has 7 nitrogen and oxygen atoms in total. The first-order valence-corrected chi connectivity index (χ1v) is 7.60. The molecule has 1 atom stereocenters. The number of aliphatic hydroxyl groups excluding tert-OH is 1. The molecule has 136 valence electrons. The first-order chi connectivity index (χ1) is 11.0. The number of aliphatic hydroxyl groups is 1. The lowest BCUT2D eigenvalue weighted by atomic mass is 9.87. The molecule has 0 saturated heterocycles. The summed E-state index contributed by atoms with van der Waals surface area (Å²) in [7, 11) is 0. The van der Waals surface area contributed by atoms with E-state index in [-0.39, 0.29) is 25.3 Å². The van der Waals surface area contributed by atoms with Crippen LogP contribution in [-0.2, 0) is 23.9 Å². The van der Waals surface area contributed by atoms with E-state index in [1.807, 2.05) is 0 Å². The monoisotopic (exact) mass is 341 g/mol. The van der Waals surface area contributed by atoms with Crippen molar-refractivity contribution >= 4 is 17.8 Å². The SMILES string of the molecule is C=C(C)C(=O)OCCCNC(=O)C(O)C(C)(C)COC(=O)C(=C)C. The highest BCUT2D eigenvalue weighted by molar-refractivity contribution is 5.87. The van der Waals surface area contributed by atoms with Gasteiger partial charge in [0.15, 0.2) is 0 Å². The van der Waals surface area contributed by atoms with E-state index in [0.29, 0.717) is 12.0 Å². The Morgan fingerprint density at radius 1 is 1.08 bits per heavy atom. The number of hydrogen-bond acceptors (Lipinski definition) is 6. The van der Waals surface area contributed by atoms with Gasteiger partial charge in [-0.3, -0.25) is 4.79 Å². The molecule has 0 heterocycles. The fraction of sp³-hybridized carbons (Fsp3) is 0.588. The average Bonchev–Trinajstić information content (AvgIpc) is 2.50. The molecule has 0 bridgehead atoms. The number of nitrogens with one attached hydrogen (secondary N) is 1. The van der Waals surface area contributed by atoms with Crippen molar-refractivity contribution in [2.75, 3.05) is 19.8 Å². The van der Waals surface area contributed by atoms with Crippen molar-refractivity contribution in [3.05, 3.63) is 24.3 Å². The normalized spacial score (nSPS) is 12.0. The highest BCUT2D eigenvalue weighted by Gasteiger charge is 2.34. The molecule has 0 aliphatic rings. The summed E-state index contributed by atoms with van der Waals surface area (Å²) in [5, 5.41) is 12.6. The Balaban J connectivity index is 4.20. The lowest BCUT2D eigenvalue weighted by molar-refractivity contribution is -0.149. The maximum absolute atomic E-state index is 11.9. The quantitative estimate of drug-likeness (QED) is 0.351. The molecule has 24 heavy (non-hydrogen) atoms. The van der Waals surface area contributed by atoms with Gasteiger partial charge in [0.25, 0.3) is 0 Å². The van der Waals surface area contributed by atoms with Crippen molar-refractivity contribution in [2.45, 2.75) is 40.2 Å². The Morgan fingerprint density at radius 2 is 1.58 bits per heavy atom. The summed E-state index contributed by atoms with van der Waals surface area (Å²) < 4.78 is 9.87. The van der Waals surface area contributed by atoms with Gasteiger partial charge in [-0.1, -0.05) is 27.0 Å². The highest BCUT2D eigenvalue weighted by Crippen LogP contribution is 2.21. The summed E-state index contributed by atoms with van der Waals surface area (Å²) in [6.07, 6.45) is -0.948. The summed E-state index contributed by atoms with van der Waals surface area (Å²) in [5.41, 5.74) is -0.406. The number of esters is 2. The van der Waals surface area contributed by atoms with E-state index in [1.165, 1.54) is 6.92 Å². The molecule has 1 unspecified atom stereocenters. The second-order valence-electron chi connectivity index (χ2n) is 6.31. The number of hydrogen-bond donors (Lipinski definition) is 2. The molecular formula is C17H27NO6. The Labute approximate surface area is 142 Å². The van der Waals surface area contributed by atoms with Gasteiger partial charge in [-0.05, 0) is 20.3 Å². The van der Waals surface area contributed by atoms with E-state index in [2.05, 4.69) is 18.5 Å². The minimum atomic E-state index is -1.35. The molecule has 0 radical (unpaired) electrons. The minimum absolute atomic E-state index is 0.122. The predicted octanol–water partition coefficient (Wildman–Crippen LogP) is 1.12. The zero-order chi connectivity index (χ0) is 18.9. The highest BCUT2D eigenvalue weighted by atomic mass is 16.5. The van der Waals surface area contributed by atoms with Gasteiger partial charge in [-0.2, -0.15) is 0 Å². The number of ether oxygens (including phenoxy) is 2. The number of carbonyl (C=O) groups excluding carboxylic acids is 3. The fourth-order valence-corrected chi connectivity index (χ4v) is 1.48. The van der Waals surface area contributed by atoms with E-state index >= 15 is 0 Å². The molecule has 0 fully saturated rings. The second-order valence-corrected chi connectivity index (χ2v) is 6.31. The lowest BCUT2D eigenvalue weighted by Crippen LogP contribution is -2.46. The van der Waals surface area contributed by atoms with Crippen molar-refractivity contribution < 1.29 is 29.0 Å². The topological polar surface area (TPSA) is 102 Å². The molecule has 0 rings (SSSR count). The molecular weight excluding hydrogens is 314 g/mol. The van der Waals surface area contributed by atoms with E-state index in [4.69, 9.17) is 9.47 Å². The standard InChI is InChI=1S/C17H27NO6/c1-11(2)15(21)23-9-7-8-18-14(20)13(19)17(5,6)10-24-16(22)12(3)4/h13,19H,1,3,7-10H2,2,4-6H3,(H,18,20). The minimum Gasteiger partial charge on any atom is -0.462 e. The predicted molar refractivity (Wildman–Crippen MR) is 89.0 cm³/mol. The van der Waals surface area contributed by atoms with Crippen LogP contribution in [0, 0.1) is 5.41 Å². The van der Waals surface area contributed by atoms with E-state index in [1.54, 1.807) is 20.8 Å². The number of amides is 1. The van der Waals surface area contributed by atoms with Crippen LogP contribution >= 0.6 is 0 Å². The first-order valence-electron chi connectivity index (χ1n) is 7.60. The van der Waals surface area contributed by atoms with Crippen molar-refractivity contribution in [3.63, 3.8) is 0 Å². The van der Waals surface area contributed by atoms with Crippen LogP contribution in [0.1, 0.15) is 34.1 Å². The average molecular weight is 341 g/mol. The molecule has 0 saturated carbocycles. The van der Waals surface area contributed by atoms with E-state index < -0.39 is 29.4 Å². The van der Waals surface area contributed by atoms with Crippen LogP contribution in [0.2, 0.25) is 0 Å². The van der Waals surface area contributed by atoms with Crippen LogP contribution < -0.4 is 5.32 Å². The van der Waals surface area contributed by atoms with Gasteiger partial charge in [-0.15, -0.1) is 0 Å². The van der Waals surface area contributed by atoms with Crippen molar-refractivity contribution in [3.8, 4) is 0 Å². The molecule has 0 spiro atoms. The molecule has 0 aromatic heterocycles. The largest absolute Gasteiger partial charge is 0.462 e. The Bertz CT molecular complexity index is 509. The summed E-state index contributed by atoms with van der Waals surface area (Å²) in [5.74, 6) is -1.64. The Hall–Kier alpha value is -2.15. The van der Waals surface area contributed by atoms with Crippen LogP contribution in [0.5, 0.6) is 0 Å². The van der Waals surface area contributed by atoms with Gasteiger partial charge >= 0.3 is 11.9 Å². The van der Waals surface area contributed by atoms with Gasteiger partial charge in [0.2, 0.25) is 5.91 Å². The van der Waals surface area contributed by atoms with Gasteiger partial charge in [0.05, 0.1) is 13.2 Å². The fourth-order valence-electron chi connectivity index (χ4n) is 1.48. The van der Waals surface area contributed by atoms with Crippen LogP contribution in [0.3, 0.4) is 0 Å². The molecule has 7 heteroatoms. The van der Waals surface area contributed by atoms with Crippen LogP contribution in [0.4, 0.5) is 0 Å². The second kappa shape index (κ2) is 9.87. The molecule has 0 aromatic carbocycles. The maximum atomic E-state index is 11.9. The number of rotatable bonds is 10. The van der Waals surface area contributed by atoms with Crippen molar-refractivity contribution in [1.29, 1.82) is 0 Å². The van der Waals surface area contributed by atoms with Gasteiger partial charge in [0.1, 0.15) is 6.10 Å². The summed E-state index contributed by atoms with van der Waals surface area (Å²) in [6, 6.07) is 0. The molecule has 0 aromatic rings. The zero-order valence-corrected chi connectivity index (χ0v) is 14.8. The lowest BCUT2D eigenvalue weighted by Gasteiger charge is -2.29. The van der Waals surface area contributed by atoms with Crippen LogP contribution in [0.25, 0.3) is 0 Å². The molecule has 0 aliphatic carbocycles. The van der Waals surface area contributed by atoms with Crippen molar-refractivity contribution in [1.82, 2.24) is 5.32 Å². The van der Waals surface area contributed by atoms with Crippen molar-refractivity contribution in [2.24, 2.45) is 5.41 Å². The van der Waals surface area contributed by atoms with Gasteiger partial charge < -0.3 is 19.9 Å². The number of carbonyl (C=O) groups is 3. The molecule has 2 N–H and O–H groups in total. The van der Waals surface area contributed by atoms with E-state index in [0.717, 1.165) is 0 Å². The Morgan fingerprint density at radius 3 is 2.08 bits per heavy atom.